The van der Waals surface area contributed by atoms with Crippen molar-refractivity contribution in [2.45, 2.75) is 51.5 Å². The van der Waals surface area contributed by atoms with Gasteiger partial charge >= 0.3 is 5.97 Å². The number of nitrogens with one attached hydrogen (secondary N) is 1. The summed E-state index contributed by atoms with van der Waals surface area (Å²) < 4.78 is 5.17. The van der Waals surface area contributed by atoms with Crippen LogP contribution in [-0.4, -0.2) is 49.7 Å². The lowest BCUT2D eigenvalue weighted by atomic mass is 9.82. The highest BCUT2D eigenvalue weighted by molar-refractivity contribution is 5.80. The summed E-state index contributed by atoms with van der Waals surface area (Å²) in [5, 5.41) is 3.37. The van der Waals surface area contributed by atoms with Crippen molar-refractivity contribution < 1.29 is 9.53 Å². The lowest BCUT2D eigenvalue weighted by molar-refractivity contribution is -0.157. The molecule has 1 saturated heterocycles. The molecule has 0 bridgehead atoms. The summed E-state index contributed by atoms with van der Waals surface area (Å²) in [5.41, 5.74) is -0.0194. The molecular weight excluding hydrogens is 240 g/mol. The van der Waals surface area contributed by atoms with Crippen molar-refractivity contribution in [3.05, 3.63) is 0 Å². The molecule has 0 aromatic heterocycles. The van der Waals surface area contributed by atoms with Crippen LogP contribution in [0.25, 0.3) is 0 Å². The molecule has 1 atom stereocenters. The third-order valence-corrected chi connectivity index (χ3v) is 4.95. The average Bonchev–Trinajstić information content (AvgIpc) is 2.58. The van der Waals surface area contributed by atoms with Crippen LogP contribution in [0, 0.1) is 5.41 Å². The quantitative estimate of drug-likeness (QED) is 0.612. The molecule has 110 valence electrons. The largest absolute Gasteiger partial charge is 0.468 e. The van der Waals surface area contributed by atoms with E-state index in [1.165, 1.54) is 13.5 Å². The highest BCUT2D eigenvalue weighted by Gasteiger charge is 2.47. The van der Waals surface area contributed by atoms with Crippen LogP contribution < -0.4 is 5.32 Å². The molecule has 1 N–H and O–H groups in total. The monoisotopic (exact) mass is 268 g/mol. The van der Waals surface area contributed by atoms with Crippen LogP contribution in [-0.2, 0) is 9.53 Å². The van der Waals surface area contributed by atoms with Crippen LogP contribution in [0.3, 0.4) is 0 Å². The van der Waals surface area contributed by atoms with E-state index >= 15 is 0 Å². The van der Waals surface area contributed by atoms with Crippen LogP contribution in [0.5, 0.6) is 0 Å². The van der Waals surface area contributed by atoms with Gasteiger partial charge in [0.2, 0.25) is 0 Å². The molecule has 1 aliphatic carbocycles. The van der Waals surface area contributed by atoms with Crippen molar-refractivity contribution in [1.29, 1.82) is 0 Å². The van der Waals surface area contributed by atoms with Gasteiger partial charge in [0.15, 0.2) is 0 Å². The maximum Gasteiger partial charge on any atom is 0.326 e. The summed E-state index contributed by atoms with van der Waals surface area (Å²) in [6, 6.07) is 0. The van der Waals surface area contributed by atoms with Crippen molar-refractivity contribution in [1.82, 2.24) is 10.2 Å². The Morgan fingerprint density at radius 2 is 1.79 bits per heavy atom. The van der Waals surface area contributed by atoms with Crippen LogP contribution in [0.2, 0.25) is 0 Å². The molecule has 2 rings (SSSR count). The third kappa shape index (κ3) is 3.11. The molecule has 1 unspecified atom stereocenters. The molecule has 1 aliphatic heterocycles. The second-order valence-corrected chi connectivity index (χ2v) is 6.78. The topological polar surface area (TPSA) is 41.6 Å². The summed E-state index contributed by atoms with van der Waals surface area (Å²) in [6.45, 7) is 8.49. The first-order valence-electron chi connectivity index (χ1n) is 7.54. The Hall–Kier alpha value is -0.610. The molecule has 2 aliphatic rings. The van der Waals surface area contributed by atoms with Gasteiger partial charge in [0, 0.05) is 26.2 Å². The highest BCUT2D eigenvalue weighted by Crippen LogP contribution is 2.41. The zero-order valence-electron chi connectivity index (χ0n) is 12.6. The maximum atomic E-state index is 12.5. The Morgan fingerprint density at radius 3 is 2.42 bits per heavy atom. The molecule has 0 aromatic carbocycles. The Bertz CT molecular complexity index is 324. The number of rotatable bonds is 2. The third-order valence-electron chi connectivity index (χ3n) is 4.95. The van der Waals surface area contributed by atoms with Crippen LogP contribution in [0.15, 0.2) is 0 Å². The zero-order valence-corrected chi connectivity index (χ0v) is 12.6. The molecule has 2 fully saturated rings. The summed E-state index contributed by atoms with van der Waals surface area (Å²) in [7, 11) is 1.53. The van der Waals surface area contributed by atoms with Crippen LogP contribution >= 0.6 is 0 Å². The first kappa shape index (κ1) is 14.8. The number of methoxy groups -OCH3 is 1. The predicted molar refractivity (Wildman–Crippen MR) is 76.1 cm³/mol. The number of nitrogens with zero attached hydrogens (tertiary/aromatic N) is 1. The molecule has 1 saturated carbocycles. The standard InChI is InChI=1S/C15H28N2O2/c1-14(2)5-4-6-15(8-7-14,13(18)19-3)17-11-9-16-10-12-17/h16H,4-12H2,1-3H3. The van der Waals surface area contributed by atoms with Crippen molar-refractivity contribution in [2.75, 3.05) is 33.3 Å². The van der Waals surface area contributed by atoms with Gasteiger partial charge in [-0.25, -0.2) is 0 Å². The van der Waals surface area contributed by atoms with Crippen LogP contribution in [0.1, 0.15) is 46.0 Å². The van der Waals surface area contributed by atoms with Crippen molar-refractivity contribution in [2.24, 2.45) is 5.41 Å². The molecule has 19 heavy (non-hydrogen) atoms. The number of hydrogen-bond donors (Lipinski definition) is 1. The van der Waals surface area contributed by atoms with E-state index < -0.39 is 0 Å². The normalized spacial score (nSPS) is 32.6. The molecule has 0 spiro atoms. The number of ether oxygens (including phenoxy) is 1. The zero-order chi connectivity index (χ0) is 13.9. The minimum atomic E-state index is -0.370. The van der Waals surface area contributed by atoms with Crippen molar-refractivity contribution in [3.63, 3.8) is 0 Å². The van der Waals surface area contributed by atoms with E-state index in [0.29, 0.717) is 5.41 Å². The second-order valence-electron chi connectivity index (χ2n) is 6.78. The fourth-order valence-corrected chi connectivity index (χ4v) is 3.59. The molecule has 0 aromatic rings. The van der Waals surface area contributed by atoms with E-state index in [0.717, 1.165) is 51.9 Å². The van der Waals surface area contributed by atoms with Gasteiger partial charge in [-0.15, -0.1) is 0 Å². The Morgan fingerprint density at radius 1 is 1.11 bits per heavy atom. The van der Waals surface area contributed by atoms with Gasteiger partial charge in [0.1, 0.15) is 5.54 Å². The number of piperazine rings is 1. The van der Waals surface area contributed by atoms with E-state index in [1.807, 2.05) is 0 Å². The minimum Gasteiger partial charge on any atom is -0.468 e. The van der Waals surface area contributed by atoms with Gasteiger partial charge in [-0.05, 0) is 31.1 Å². The van der Waals surface area contributed by atoms with E-state index in [4.69, 9.17) is 4.74 Å². The molecule has 0 radical (unpaired) electrons. The lowest BCUT2D eigenvalue weighted by Crippen LogP contribution is -2.60. The lowest BCUT2D eigenvalue weighted by Gasteiger charge is -2.43. The fraction of sp³-hybridized carbons (Fsp3) is 0.933. The molecular formula is C15H28N2O2. The van der Waals surface area contributed by atoms with E-state index in [9.17, 15) is 4.79 Å². The summed E-state index contributed by atoms with van der Waals surface area (Å²) in [6.07, 6.45) is 5.31. The molecule has 0 amide bonds. The Labute approximate surface area is 116 Å². The number of carbonyl (C=O) groups excluding carboxylic acids is 1. The van der Waals surface area contributed by atoms with Gasteiger partial charge in [-0.3, -0.25) is 9.69 Å². The molecule has 4 heteroatoms. The van der Waals surface area contributed by atoms with Crippen LogP contribution in [0.4, 0.5) is 0 Å². The minimum absolute atomic E-state index is 0.0212. The highest BCUT2D eigenvalue weighted by atomic mass is 16.5. The molecule has 4 nitrogen and oxygen atoms in total. The first-order valence-corrected chi connectivity index (χ1v) is 7.54. The average molecular weight is 268 g/mol. The van der Waals surface area contributed by atoms with Gasteiger partial charge < -0.3 is 10.1 Å². The number of esters is 1. The number of hydrogen-bond acceptors (Lipinski definition) is 4. The predicted octanol–water partition coefficient (Wildman–Crippen LogP) is 1.79. The maximum absolute atomic E-state index is 12.5. The van der Waals surface area contributed by atoms with Crippen molar-refractivity contribution in [3.8, 4) is 0 Å². The van der Waals surface area contributed by atoms with E-state index in [1.54, 1.807) is 0 Å². The van der Waals surface area contributed by atoms with Gasteiger partial charge in [-0.1, -0.05) is 20.3 Å². The number of carbonyl (C=O) groups is 1. The second kappa shape index (κ2) is 5.80. The summed E-state index contributed by atoms with van der Waals surface area (Å²) in [5.74, 6) is -0.0212. The first-order chi connectivity index (χ1) is 9.00. The Kier molecular flexibility index (Phi) is 4.51. The van der Waals surface area contributed by atoms with Gasteiger partial charge in [0.25, 0.3) is 0 Å². The van der Waals surface area contributed by atoms with Crippen molar-refractivity contribution >= 4 is 5.97 Å². The smallest absolute Gasteiger partial charge is 0.326 e. The van der Waals surface area contributed by atoms with Gasteiger partial charge in [0.05, 0.1) is 7.11 Å². The Balaban J connectivity index is 2.21. The summed E-state index contributed by atoms with van der Waals surface area (Å²) >= 11 is 0. The van der Waals surface area contributed by atoms with Gasteiger partial charge in [-0.2, -0.15) is 0 Å². The van der Waals surface area contributed by atoms with E-state index in [2.05, 4.69) is 24.1 Å². The molecule has 1 heterocycles. The van der Waals surface area contributed by atoms with E-state index in [-0.39, 0.29) is 11.5 Å². The SMILES string of the molecule is COC(=O)C1(N2CCNCC2)CCCC(C)(C)CC1. The fourth-order valence-electron chi connectivity index (χ4n) is 3.59. The summed E-state index contributed by atoms with van der Waals surface area (Å²) in [4.78, 5) is 14.8.